The second kappa shape index (κ2) is 10.6. The van der Waals surface area contributed by atoms with Gasteiger partial charge in [0.05, 0.1) is 16.0 Å². The molecule has 0 spiro atoms. The van der Waals surface area contributed by atoms with E-state index < -0.39 is 0 Å². The van der Waals surface area contributed by atoms with Gasteiger partial charge < -0.3 is 15.2 Å². The van der Waals surface area contributed by atoms with Gasteiger partial charge in [0, 0.05) is 40.6 Å². The van der Waals surface area contributed by atoms with Crippen molar-refractivity contribution < 1.29 is 9.59 Å². The van der Waals surface area contributed by atoms with E-state index in [0.717, 1.165) is 31.6 Å². The van der Waals surface area contributed by atoms with Crippen molar-refractivity contribution in [3.8, 4) is 0 Å². The lowest BCUT2D eigenvalue weighted by molar-refractivity contribution is -0.113. The van der Waals surface area contributed by atoms with E-state index in [1.165, 1.54) is 28.7 Å². The summed E-state index contributed by atoms with van der Waals surface area (Å²) in [5, 5.41) is 7.65. The van der Waals surface area contributed by atoms with Gasteiger partial charge in [-0.1, -0.05) is 47.7 Å². The Morgan fingerprint density at radius 2 is 1.81 bits per heavy atom. The third-order valence-corrected chi connectivity index (χ3v) is 8.05. The number of thiazole rings is 1. The number of para-hydroxylation sites is 2. The van der Waals surface area contributed by atoms with Crippen molar-refractivity contribution in [2.24, 2.45) is 0 Å². The molecular weight excluding hydrogens is 488 g/mol. The molecule has 0 saturated carbocycles. The lowest BCUT2D eigenvalue weighted by Gasteiger charge is -2.09. The highest BCUT2D eigenvalue weighted by Gasteiger charge is 2.13. The van der Waals surface area contributed by atoms with E-state index in [0.29, 0.717) is 23.8 Å². The normalized spacial score (nSPS) is 11.2. The Morgan fingerprint density at radius 3 is 2.64 bits per heavy atom. The van der Waals surface area contributed by atoms with Crippen molar-refractivity contribution in [2.75, 3.05) is 17.6 Å². The molecule has 6 nitrogen and oxygen atoms in total. The summed E-state index contributed by atoms with van der Waals surface area (Å²) < 4.78 is 3.18. The smallest absolute Gasteiger partial charge is 0.251 e. The molecule has 0 radical (unpaired) electrons. The van der Waals surface area contributed by atoms with Crippen LogP contribution >= 0.6 is 23.1 Å². The molecule has 2 aromatic heterocycles. The summed E-state index contributed by atoms with van der Waals surface area (Å²) in [5.41, 5.74) is 4.91. The van der Waals surface area contributed by atoms with Gasteiger partial charge in [0.25, 0.3) is 5.91 Å². The molecule has 0 aliphatic rings. The van der Waals surface area contributed by atoms with Gasteiger partial charge in [-0.3, -0.25) is 9.59 Å². The summed E-state index contributed by atoms with van der Waals surface area (Å²) in [6.45, 7) is 5.19. The molecule has 0 saturated heterocycles. The summed E-state index contributed by atoms with van der Waals surface area (Å²) in [4.78, 5) is 30.7. The van der Waals surface area contributed by atoms with Gasteiger partial charge in [-0.2, -0.15) is 0 Å². The molecule has 0 bridgehead atoms. The first kappa shape index (κ1) is 24.1. The van der Waals surface area contributed by atoms with Crippen LogP contribution in [-0.2, 0) is 11.3 Å². The maximum atomic E-state index is 12.6. The summed E-state index contributed by atoms with van der Waals surface area (Å²) in [6.07, 6.45) is 2.06. The molecule has 182 valence electrons. The number of hydrogen-bond acceptors (Lipinski definition) is 5. The van der Waals surface area contributed by atoms with Crippen LogP contribution in [0.4, 0.5) is 5.13 Å². The summed E-state index contributed by atoms with van der Waals surface area (Å²) in [7, 11) is 0. The quantitative estimate of drug-likeness (QED) is 0.248. The minimum absolute atomic E-state index is 0.0734. The first-order valence-corrected chi connectivity index (χ1v) is 13.5. The number of fused-ring (bicyclic) bond motifs is 2. The standard InChI is InChI=1S/C28H26N4O2S2/c1-18-11-12-20(15-19(18)2)27(34)29-13-14-32-16-25(21-7-3-5-9-23(21)32)35-17-26(33)31-28-30-22-8-4-6-10-24(22)36-28/h3-12,15-16H,13-14,17H2,1-2H3,(H,29,34)(H,30,31,33). The zero-order chi connectivity index (χ0) is 25.1. The van der Waals surface area contributed by atoms with Crippen LogP contribution in [0.5, 0.6) is 0 Å². The van der Waals surface area contributed by atoms with Gasteiger partial charge in [-0.05, 0) is 55.3 Å². The Bertz CT molecular complexity index is 1540. The molecule has 2 heterocycles. The average molecular weight is 515 g/mol. The number of anilines is 1. The second-order valence-corrected chi connectivity index (χ2v) is 10.6. The monoisotopic (exact) mass is 514 g/mol. The van der Waals surface area contributed by atoms with Crippen molar-refractivity contribution in [2.45, 2.75) is 25.3 Å². The Balaban J connectivity index is 1.21. The van der Waals surface area contributed by atoms with Crippen molar-refractivity contribution in [3.63, 3.8) is 0 Å². The Labute approximate surface area is 217 Å². The lowest BCUT2D eigenvalue weighted by atomic mass is 10.1. The molecule has 0 atom stereocenters. The van der Waals surface area contributed by atoms with E-state index in [1.807, 2.05) is 68.4 Å². The minimum Gasteiger partial charge on any atom is -0.350 e. The Kier molecular flexibility index (Phi) is 7.06. The number of rotatable bonds is 8. The fourth-order valence-corrected chi connectivity index (χ4v) is 5.78. The van der Waals surface area contributed by atoms with Crippen LogP contribution in [-0.4, -0.2) is 33.7 Å². The number of amides is 2. The number of aromatic nitrogens is 2. The van der Waals surface area contributed by atoms with Crippen molar-refractivity contribution >= 4 is 61.2 Å². The number of carbonyl (C=O) groups is 2. The van der Waals surface area contributed by atoms with Crippen LogP contribution in [0.2, 0.25) is 0 Å². The van der Waals surface area contributed by atoms with E-state index in [1.54, 1.807) is 0 Å². The molecular formula is C28H26N4O2S2. The number of thioether (sulfide) groups is 1. The van der Waals surface area contributed by atoms with Gasteiger partial charge in [0.1, 0.15) is 0 Å². The molecule has 5 aromatic rings. The zero-order valence-electron chi connectivity index (χ0n) is 20.1. The Hall–Kier alpha value is -3.62. The molecule has 8 heteroatoms. The molecule has 5 rings (SSSR count). The SMILES string of the molecule is Cc1ccc(C(=O)NCCn2cc(SCC(=O)Nc3nc4ccccc4s3)c3ccccc32)cc1C. The van der Waals surface area contributed by atoms with Gasteiger partial charge >= 0.3 is 0 Å². The van der Waals surface area contributed by atoms with Crippen molar-refractivity contribution in [1.82, 2.24) is 14.9 Å². The van der Waals surface area contributed by atoms with E-state index in [4.69, 9.17) is 0 Å². The van der Waals surface area contributed by atoms with Crippen LogP contribution in [0.3, 0.4) is 0 Å². The van der Waals surface area contributed by atoms with Crippen molar-refractivity contribution in [1.29, 1.82) is 0 Å². The number of benzene rings is 3. The maximum Gasteiger partial charge on any atom is 0.251 e. The second-order valence-electron chi connectivity index (χ2n) is 8.58. The van der Waals surface area contributed by atoms with E-state index >= 15 is 0 Å². The third-order valence-electron chi connectivity index (χ3n) is 6.06. The average Bonchev–Trinajstić information content (AvgIpc) is 3.45. The molecule has 0 unspecified atom stereocenters. The number of nitrogens with zero attached hydrogens (tertiary/aromatic N) is 2. The minimum atomic E-state index is -0.0865. The number of hydrogen-bond donors (Lipinski definition) is 2. The van der Waals surface area contributed by atoms with E-state index in [-0.39, 0.29) is 17.6 Å². The van der Waals surface area contributed by atoms with Crippen LogP contribution in [0.25, 0.3) is 21.1 Å². The maximum absolute atomic E-state index is 12.6. The van der Waals surface area contributed by atoms with Crippen LogP contribution < -0.4 is 10.6 Å². The summed E-state index contributed by atoms with van der Waals surface area (Å²) in [6, 6.07) is 21.7. The third kappa shape index (κ3) is 5.29. The molecule has 3 aromatic carbocycles. The molecule has 0 aliphatic carbocycles. The fourth-order valence-electron chi connectivity index (χ4n) is 4.01. The molecule has 0 aliphatic heterocycles. The van der Waals surface area contributed by atoms with Crippen molar-refractivity contribution in [3.05, 3.63) is 89.6 Å². The number of aryl methyl sites for hydroxylation is 2. The van der Waals surface area contributed by atoms with Crippen LogP contribution in [0, 0.1) is 13.8 Å². The first-order valence-electron chi connectivity index (χ1n) is 11.7. The summed E-state index contributed by atoms with van der Waals surface area (Å²) in [5.74, 6) is 0.125. The zero-order valence-corrected chi connectivity index (χ0v) is 21.7. The number of carbonyl (C=O) groups excluding carboxylic acids is 2. The molecule has 0 fully saturated rings. The molecule has 2 amide bonds. The first-order chi connectivity index (χ1) is 17.5. The predicted octanol–water partition coefficient (Wildman–Crippen LogP) is 6.03. The van der Waals surface area contributed by atoms with E-state index in [9.17, 15) is 9.59 Å². The fraction of sp³-hybridized carbons (Fsp3) is 0.179. The van der Waals surface area contributed by atoms with Gasteiger partial charge in [-0.15, -0.1) is 11.8 Å². The van der Waals surface area contributed by atoms with Crippen LogP contribution in [0.15, 0.2) is 77.8 Å². The highest BCUT2D eigenvalue weighted by Crippen LogP contribution is 2.31. The van der Waals surface area contributed by atoms with Gasteiger partial charge in [0.15, 0.2) is 5.13 Å². The molecule has 2 N–H and O–H groups in total. The summed E-state index contributed by atoms with van der Waals surface area (Å²) >= 11 is 2.98. The lowest BCUT2D eigenvalue weighted by Crippen LogP contribution is -2.27. The highest BCUT2D eigenvalue weighted by molar-refractivity contribution is 8.00. The topological polar surface area (TPSA) is 76.0 Å². The predicted molar refractivity (Wildman–Crippen MR) is 149 cm³/mol. The van der Waals surface area contributed by atoms with Gasteiger partial charge in [-0.25, -0.2) is 4.98 Å². The molecule has 36 heavy (non-hydrogen) atoms. The number of nitrogens with one attached hydrogen (secondary N) is 2. The van der Waals surface area contributed by atoms with Gasteiger partial charge in [0.2, 0.25) is 5.91 Å². The van der Waals surface area contributed by atoms with E-state index in [2.05, 4.69) is 38.5 Å². The van der Waals surface area contributed by atoms with Crippen LogP contribution in [0.1, 0.15) is 21.5 Å². The highest BCUT2D eigenvalue weighted by atomic mass is 32.2. The largest absolute Gasteiger partial charge is 0.350 e. The Morgan fingerprint density at radius 1 is 1.00 bits per heavy atom.